The van der Waals surface area contributed by atoms with Crippen LogP contribution >= 0.6 is 0 Å². The second-order valence-electron chi connectivity index (χ2n) is 4.52. The van der Waals surface area contributed by atoms with E-state index in [1.54, 1.807) is 31.2 Å². The van der Waals surface area contributed by atoms with Gasteiger partial charge in [0.1, 0.15) is 11.8 Å². The predicted molar refractivity (Wildman–Crippen MR) is 83.1 cm³/mol. The van der Waals surface area contributed by atoms with E-state index in [4.69, 9.17) is 4.74 Å². The topological polar surface area (TPSA) is 75.7 Å². The molecule has 0 heterocycles. The van der Waals surface area contributed by atoms with Gasteiger partial charge in [0.05, 0.1) is 18.6 Å². The predicted octanol–water partition coefficient (Wildman–Crippen LogP) is 1.38. The quantitative estimate of drug-likeness (QED) is 0.825. The average Bonchev–Trinajstić information content (AvgIpc) is 2.44. The fourth-order valence-corrected chi connectivity index (χ4v) is 3.29. The highest BCUT2D eigenvalue weighted by Gasteiger charge is 2.30. The molecular weight excluding hydrogens is 292 g/mol. The highest BCUT2D eigenvalue weighted by Crippen LogP contribution is 2.25. The Labute approximate surface area is 126 Å². The van der Waals surface area contributed by atoms with Gasteiger partial charge in [-0.15, -0.1) is 0 Å². The minimum absolute atomic E-state index is 0.336. The summed E-state index contributed by atoms with van der Waals surface area (Å²) < 4.78 is 30.6. The first-order valence-electron chi connectivity index (χ1n) is 6.79. The molecule has 0 unspecified atom stereocenters. The molecule has 0 aliphatic rings. The lowest BCUT2D eigenvalue weighted by molar-refractivity contribution is -0.121. The van der Waals surface area contributed by atoms with Gasteiger partial charge in [-0.25, -0.2) is 8.42 Å². The number of ether oxygens (including phenoxy) is 1. The van der Waals surface area contributed by atoms with Crippen molar-refractivity contribution in [2.24, 2.45) is 0 Å². The number of carbonyl (C=O) groups excluding carboxylic acids is 1. The Balaban J connectivity index is 3.22. The first-order chi connectivity index (χ1) is 9.85. The molecule has 0 saturated carbocycles. The van der Waals surface area contributed by atoms with E-state index in [2.05, 4.69) is 5.32 Å². The van der Waals surface area contributed by atoms with E-state index in [9.17, 15) is 13.2 Å². The van der Waals surface area contributed by atoms with Crippen LogP contribution in [0.2, 0.25) is 0 Å². The van der Waals surface area contributed by atoms with Crippen LogP contribution in [0, 0.1) is 0 Å². The zero-order valence-electron chi connectivity index (χ0n) is 12.8. The zero-order valence-corrected chi connectivity index (χ0v) is 13.6. The number of hydrogen-bond donors (Lipinski definition) is 1. The molecule has 0 saturated heterocycles. The number of amides is 1. The van der Waals surface area contributed by atoms with Crippen LogP contribution < -0.4 is 14.4 Å². The number of sulfonamides is 1. The third-order valence-electron chi connectivity index (χ3n) is 2.98. The van der Waals surface area contributed by atoms with Crippen molar-refractivity contribution in [2.45, 2.75) is 26.3 Å². The molecule has 1 aromatic rings. The average molecular weight is 314 g/mol. The minimum Gasteiger partial charge on any atom is -0.494 e. The Kier molecular flexibility index (Phi) is 6.02. The molecule has 1 aromatic carbocycles. The van der Waals surface area contributed by atoms with Crippen molar-refractivity contribution in [3.63, 3.8) is 0 Å². The van der Waals surface area contributed by atoms with Gasteiger partial charge in [0.15, 0.2) is 0 Å². The van der Waals surface area contributed by atoms with Gasteiger partial charge in [0, 0.05) is 7.05 Å². The second-order valence-corrected chi connectivity index (χ2v) is 6.38. The first kappa shape index (κ1) is 17.3. The molecule has 1 amide bonds. The molecule has 0 fully saturated rings. The number of nitrogens with one attached hydrogen (secondary N) is 1. The number of benzene rings is 1. The molecule has 0 aliphatic carbocycles. The summed E-state index contributed by atoms with van der Waals surface area (Å²) in [5, 5.41) is 2.50. The van der Waals surface area contributed by atoms with E-state index in [-0.39, 0.29) is 5.91 Å². The Morgan fingerprint density at radius 1 is 1.29 bits per heavy atom. The number of anilines is 1. The maximum Gasteiger partial charge on any atom is 0.243 e. The third kappa shape index (κ3) is 4.35. The van der Waals surface area contributed by atoms with Crippen LogP contribution in [0.15, 0.2) is 24.3 Å². The molecule has 21 heavy (non-hydrogen) atoms. The van der Waals surface area contributed by atoms with E-state index < -0.39 is 16.1 Å². The van der Waals surface area contributed by atoms with Crippen molar-refractivity contribution in [1.82, 2.24) is 5.32 Å². The van der Waals surface area contributed by atoms with Gasteiger partial charge in [0.25, 0.3) is 0 Å². The highest BCUT2D eigenvalue weighted by molar-refractivity contribution is 7.92. The lowest BCUT2D eigenvalue weighted by Gasteiger charge is -2.29. The summed E-state index contributed by atoms with van der Waals surface area (Å²) in [5.74, 6) is 0.319. The van der Waals surface area contributed by atoms with Gasteiger partial charge in [-0.05, 0) is 37.6 Å². The molecule has 1 rings (SSSR count). The molecule has 1 N–H and O–H groups in total. The fraction of sp³-hybridized carbons (Fsp3) is 0.500. The summed E-state index contributed by atoms with van der Waals surface area (Å²) in [7, 11) is -2.09. The smallest absolute Gasteiger partial charge is 0.243 e. The van der Waals surface area contributed by atoms with Crippen LogP contribution in [0.25, 0.3) is 0 Å². The van der Waals surface area contributed by atoms with Gasteiger partial charge in [0.2, 0.25) is 15.9 Å². The van der Waals surface area contributed by atoms with Crippen molar-refractivity contribution >= 4 is 21.6 Å². The van der Waals surface area contributed by atoms with Crippen LogP contribution in [0.1, 0.15) is 20.3 Å². The Morgan fingerprint density at radius 3 is 2.24 bits per heavy atom. The maximum atomic E-state index is 12.1. The van der Waals surface area contributed by atoms with Gasteiger partial charge in [-0.1, -0.05) is 6.92 Å². The monoisotopic (exact) mass is 314 g/mol. The van der Waals surface area contributed by atoms with Crippen LogP contribution in [0.4, 0.5) is 5.69 Å². The van der Waals surface area contributed by atoms with Gasteiger partial charge in [-0.3, -0.25) is 9.10 Å². The molecular formula is C14H22N2O4S. The maximum absolute atomic E-state index is 12.1. The van der Waals surface area contributed by atoms with Crippen LogP contribution in [0.3, 0.4) is 0 Å². The lowest BCUT2D eigenvalue weighted by atomic mass is 10.2. The van der Waals surface area contributed by atoms with Crippen LogP contribution in [0.5, 0.6) is 5.75 Å². The Bertz CT molecular complexity index is 569. The van der Waals surface area contributed by atoms with Gasteiger partial charge < -0.3 is 10.1 Å². The summed E-state index contributed by atoms with van der Waals surface area (Å²) in [4.78, 5) is 11.9. The fourth-order valence-electron chi connectivity index (χ4n) is 2.08. The molecule has 118 valence electrons. The van der Waals surface area contributed by atoms with Gasteiger partial charge in [-0.2, -0.15) is 0 Å². The first-order valence-corrected chi connectivity index (χ1v) is 8.63. The van der Waals surface area contributed by atoms with Crippen LogP contribution in [-0.2, 0) is 14.8 Å². The molecule has 0 radical (unpaired) electrons. The number of hydrogen-bond acceptors (Lipinski definition) is 4. The number of likely N-dealkylation sites (N-methyl/N-ethyl adjacent to an activating group) is 1. The summed E-state index contributed by atoms with van der Waals surface area (Å²) >= 11 is 0. The highest BCUT2D eigenvalue weighted by atomic mass is 32.2. The van der Waals surface area contributed by atoms with Crippen molar-refractivity contribution in [2.75, 3.05) is 24.2 Å². The Hall–Kier alpha value is -1.76. The molecule has 0 bridgehead atoms. The van der Waals surface area contributed by atoms with E-state index in [1.807, 2.05) is 6.92 Å². The molecule has 6 nitrogen and oxygen atoms in total. The van der Waals surface area contributed by atoms with Crippen molar-refractivity contribution < 1.29 is 17.9 Å². The zero-order chi connectivity index (χ0) is 16.0. The number of nitrogens with zero attached hydrogens (tertiary/aromatic N) is 1. The Morgan fingerprint density at radius 2 is 1.86 bits per heavy atom. The number of rotatable bonds is 7. The van der Waals surface area contributed by atoms with Crippen molar-refractivity contribution in [3.05, 3.63) is 24.3 Å². The van der Waals surface area contributed by atoms with Crippen molar-refractivity contribution in [1.29, 1.82) is 0 Å². The van der Waals surface area contributed by atoms with Gasteiger partial charge >= 0.3 is 0 Å². The lowest BCUT2D eigenvalue weighted by Crippen LogP contribution is -2.48. The van der Waals surface area contributed by atoms with Crippen LogP contribution in [-0.4, -0.2) is 40.3 Å². The molecule has 0 aliphatic heterocycles. The minimum atomic E-state index is -3.58. The van der Waals surface area contributed by atoms with E-state index in [0.29, 0.717) is 24.5 Å². The molecule has 0 spiro atoms. The van der Waals surface area contributed by atoms with Crippen molar-refractivity contribution in [3.8, 4) is 5.75 Å². The largest absolute Gasteiger partial charge is 0.494 e. The number of carbonyl (C=O) groups is 1. The molecule has 1 atom stereocenters. The normalized spacial score (nSPS) is 12.6. The van der Waals surface area contributed by atoms with E-state index in [1.165, 1.54) is 7.05 Å². The standard InChI is InChI=1S/C14H22N2O4S/c1-5-13(14(17)15-3)16(21(4,18)19)11-7-9-12(10-8-11)20-6-2/h7-10,13H,5-6H2,1-4H3,(H,15,17)/t13-/m1/s1. The summed E-state index contributed by atoms with van der Waals surface area (Å²) in [5.41, 5.74) is 0.441. The third-order valence-corrected chi connectivity index (χ3v) is 4.16. The van der Waals surface area contributed by atoms with E-state index >= 15 is 0 Å². The van der Waals surface area contributed by atoms with E-state index in [0.717, 1.165) is 10.6 Å². The summed E-state index contributed by atoms with van der Waals surface area (Å²) in [6.07, 6.45) is 1.47. The SMILES string of the molecule is CCOc1ccc(N([C@H](CC)C(=O)NC)S(C)(=O)=O)cc1. The molecule has 7 heteroatoms. The second kappa shape index (κ2) is 7.31. The molecule has 0 aromatic heterocycles. The summed E-state index contributed by atoms with van der Waals surface area (Å²) in [6, 6.07) is 5.87. The summed E-state index contributed by atoms with van der Waals surface area (Å²) in [6.45, 7) is 4.17.